The molecule has 0 saturated heterocycles. The standard InChI is InChI=1S/C31H56O/c1-7-8-9-10-11-12-13-14-15-16-17-18-19-20-21-22-23-27-24-28(26(2)3)30(32)29(25-27)31(4,5)6/h24-26,32H,7-23H2,1-6H3. The fourth-order valence-electron chi connectivity index (χ4n) is 4.75. The van der Waals surface area contributed by atoms with Gasteiger partial charge in [0.2, 0.25) is 0 Å². The molecule has 1 aromatic rings. The predicted molar refractivity (Wildman–Crippen MR) is 144 cm³/mol. The SMILES string of the molecule is CCCCCCCCCCCCCCCCCCc1cc(C(C)C)c(O)c(C(C)(C)C)c1. The van der Waals surface area contributed by atoms with Gasteiger partial charge in [-0.25, -0.2) is 0 Å². The molecule has 0 aliphatic heterocycles. The molecular weight excluding hydrogens is 388 g/mol. The smallest absolute Gasteiger partial charge is 0.122 e. The molecule has 0 fully saturated rings. The van der Waals surface area contributed by atoms with Crippen LogP contribution >= 0.6 is 0 Å². The highest BCUT2D eigenvalue weighted by Crippen LogP contribution is 2.37. The Hall–Kier alpha value is -0.980. The van der Waals surface area contributed by atoms with E-state index >= 15 is 0 Å². The van der Waals surface area contributed by atoms with Crippen LogP contribution in [0.1, 0.15) is 167 Å². The molecule has 1 nitrogen and oxygen atoms in total. The predicted octanol–water partition coefficient (Wildman–Crippen LogP) is 10.6. The van der Waals surface area contributed by atoms with Crippen LogP contribution in [-0.4, -0.2) is 5.11 Å². The van der Waals surface area contributed by atoms with Crippen LogP contribution in [0.25, 0.3) is 0 Å². The van der Waals surface area contributed by atoms with E-state index in [1.807, 2.05) is 0 Å². The van der Waals surface area contributed by atoms with Crippen molar-refractivity contribution in [2.45, 2.75) is 162 Å². The van der Waals surface area contributed by atoms with Gasteiger partial charge in [-0.3, -0.25) is 0 Å². The van der Waals surface area contributed by atoms with E-state index in [4.69, 9.17) is 0 Å². The van der Waals surface area contributed by atoms with Crippen molar-refractivity contribution in [2.24, 2.45) is 0 Å². The van der Waals surface area contributed by atoms with E-state index in [1.54, 1.807) is 0 Å². The zero-order valence-electron chi connectivity index (χ0n) is 22.7. The Morgan fingerprint density at radius 2 is 1.06 bits per heavy atom. The minimum atomic E-state index is -0.0155. The van der Waals surface area contributed by atoms with Gasteiger partial charge < -0.3 is 5.11 Å². The highest BCUT2D eigenvalue weighted by molar-refractivity contribution is 5.48. The molecule has 0 aliphatic rings. The summed E-state index contributed by atoms with van der Waals surface area (Å²) in [5.74, 6) is 0.880. The summed E-state index contributed by atoms with van der Waals surface area (Å²) in [5.41, 5.74) is 3.61. The summed E-state index contributed by atoms with van der Waals surface area (Å²) in [6.45, 7) is 13.3. The summed E-state index contributed by atoms with van der Waals surface area (Å²) < 4.78 is 0. The molecule has 1 N–H and O–H groups in total. The summed E-state index contributed by atoms with van der Waals surface area (Å²) in [6.07, 6.45) is 23.8. The third kappa shape index (κ3) is 12.3. The Balaban J connectivity index is 2.12. The van der Waals surface area contributed by atoms with Gasteiger partial charge in [-0.1, -0.05) is 150 Å². The van der Waals surface area contributed by atoms with Gasteiger partial charge in [-0.05, 0) is 40.9 Å². The van der Waals surface area contributed by atoms with E-state index in [2.05, 4.69) is 53.7 Å². The maximum absolute atomic E-state index is 10.7. The fraction of sp³-hybridized carbons (Fsp3) is 0.806. The molecule has 1 aromatic carbocycles. The summed E-state index contributed by atoms with van der Waals surface area (Å²) in [7, 11) is 0. The Kier molecular flexibility index (Phi) is 15.1. The lowest BCUT2D eigenvalue weighted by Gasteiger charge is -2.24. The second-order valence-electron chi connectivity index (χ2n) is 11.5. The molecule has 186 valence electrons. The van der Waals surface area contributed by atoms with Crippen LogP contribution in [-0.2, 0) is 11.8 Å². The van der Waals surface area contributed by atoms with Crippen molar-refractivity contribution >= 4 is 0 Å². The molecule has 0 aromatic heterocycles. The molecule has 1 heteroatoms. The van der Waals surface area contributed by atoms with Gasteiger partial charge in [0.25, 0.3) is 0 Å². The van der Waals surface area contributed by atoms with Crippen LogP contribution in [0.3, 0.4) is 0 Å². The third-order valence-corrected chi connectivity index (χ3v) is 6.95. The Labute approximate surface area is 201 Å². The first-order valence-electron chi connectivity index (χ1n) is 14.1. The van der Waals surface area contributed by atoms with E-state index in [1.165, 1.54) is 108 Å². The minimum Gasteiger partial charge on any atom is -0.507 e. The highest BCUT2D eigenvalue weighted by Gasteiger charge is 2.22. The van der Waals surface area contributed by atoms with Crippen LogP contribution in [0.15, 0.2) is 12.1 Å². The number of phenols is 1. The molecule has 0 atom stereocenters. The number of aryl methyl sites for hydroxylation is 1. The molecular formula is C31H56O. The van der Waals surface area contributed by atoms with Crippen LogP contribution < -0.4 is 0 Å². The molecule has 0 spiro atoms. The van der Waals surface area contributed by atoms with Crippen molar-refractivity contribution in [3.63, 3.8) is 0 Å². The van der Waals surface area contributed by atoms with Gasteiger partial charge >= 0.3 is 0 Å². The average molecular weight is 445 g/mol. The third-order valence-electron chi connectivity index (χ3n) is 6.95. The van der Waals surface area contributed by atoms with Gasteiger partial charge in [0.1, 0.15) is 5.75 Å². The lowest BCUT2D eigenvalue weighted by Crippen LogP contribution is -2.13. The van der Waals surface area contributed by atoms with Gasteiger partial charge in [-0.15, -0.1) is 0 Å². The van der Waals surface area contributed by atoms with Gasteiger partial charge in [0.15, 0.2) is 0 Å². The lowest BCUT2D eigenvalue weighted by atomic mass is 9.82. The second-order valence-corrected chi connectivity index (χ2v) is 11.5. The first-order chi connectivity index (χ1) is 15.3. The monoisotopic (exact) mass is 444 g/mol. The average Bonchev–Trinajstić information content (AvgIpc) is 2.73. The molecule has 0 unspecified atom stereocenters. The minimum absolute atomic E-state index is 0.0155. The summed E-state index contributed by atoms with van der Waals surface area (Å²) >= 11 is 0. The van der Waals surface area contributed by atoms with Crippen molar-refractivity contribution in [3.05, 3.63) is 28.8 Å². The molecule has 32 heavy (non-hydrogen) atoms. The van der Waals surface area contributed by atoms with E-state index in [0.717, 1.165) is 17.5 Å². The number of phenolic OH excluding ortho intramolecular Hbond substituents is 1. The molecule has 0 saturated carbocycles. The van der Waals surface area contributed by atoms with E-state index in [9.17, 15) is 5.11 Å². The normalized spacial score (nSPS) is 12.1. The van der Waals surface area contributed by atoms with Crippen molar-refractivity contribution in [1.29, 1.82) is 0 Å². The summed E-state index contributed by atoms with van der Waals surface area (Å²) in [6, 6.07) is 4.51. The van der Waals surface area contributed by atoms with Crippen molar-refractivity contribution < 1.29 is 5.11 Å². The largest absolute Gasteiger partial charge is 0.507 e. The summed E-state index contributed by atoms with van der Waals surface area (Å²) in [5, 5.41) is 10.7. The van der Waals surface area contributed by atoms with Crippen molar-refractivity contribution in [1.82, 2.24) is 0 Å². The molecule has 0 aliphatic carbocycles. The van der Waals surface area contributed by atoms with E-state index < -0.39 is 0 Å². The first kappa shape index (κ1) is 29.1. The zero-order chi connectivity index (χ0) is 23.8. The quantitative estimate of drug-likeness (QED) is 0.223. The van der Waals surface area contributed by atoms with Crippen LogP contribution in [0, 0.1) is 0 Å². The van der Waals surface area contributed by atoms with E-state index in [-0.39, 0.29) is 5.41 Å². The van der Waals surface area contributed by atoms with Crippen molar-refractivity contribution in [2.75, 3.05) is 0 Å². The molecule has 0 amide bonds. The maximum atomic E-state index is 10.7. The Bertz CT molecular complexity index is 593. The van der Waals surface area contributed by atoms with Crippen LogP contribution in [0.4, 0.5) is 0 Å². The lowest BCUT2D eigenvalue weighted by molar-refractivity contribution is 0.437. The van der Waals surface area contributed by atoms with Gasteiger partial charge in [-0.2, -0.15) is 0 Å². The van der Waals surface area contributed by atoms with Crippen LogP contribution in [0.2, 0.25) is 0 Å². The number of rotatable bonds is 18. The number of benzene rings is 1. The number of aromatic hydroxyl groups is 1. The molecule has 0 radical (unpaired) electrons. The number of hydrogen-bond acceptors (Lipinski definition) is 1. The zero-order valence-corrected chi connectivity index (χ0v) is 22.7. The number of unbranched alkanes of at least 4 members (excludes halogenated alkanes) is 15. The molecule has 0 bridgehead atoms. The van der Waals surface area contributed by atoms with E-state index in [0.29, 0.717) is 11.7 Å². The Morgan fingerprint density at radius 1 is 0.656 bits per heavy atom. The second kappa shape index (κ2) is 16.6. The maximum Gasteiger partial charge on any atom is 0.122 e. The fourth-order valence-corrected chi connectivity index (χ4v) is 4.75. The topological polar surface area (TPSA) is 20.2 Å². The van der Waals surface area contributed by atoms with Crippen LogP contribution in [0.5, 0.6) is 5.75 Å². The van der Waals surface area contributed by atoms with Gasteiger partial charge in [0, 0.05) is 0 Å². The molecule has 1 rings (SSSR count). The van der Waals surface area contributed by atoms with Gasteiger partial charge in [0.05, 0.1) is 0 Å². The first-order valence-corrected chi connectivity index (χ1v) is 14.1. The number of hydrogen-bond donors (Lipinski definition) is 1. The Morgan fingerprint density at radius 3 is 1.44 bits per heavy atom. The highest BCUT2D eigenvalue weighted by atomic mass is 16.3. The summed E-state index contributed by atoms with van der Waals surface area (Å²) in [4.78, 5) is 0. The van der Waals surface area contributed by atoms with Crippen molar-refractivity contribution in [3.8, 4) is 5.75 Å². The molecule has 0 heterocycles.